The van der Waals surface area contributed by atoms with Crippen LogP contribution in [0.15, 0.2) is 18.3 Å². The standard InChI is InChI=1S/C13H21N3/c1-2-16(10-11-5-6-11)13-12(7-8-14)4-3-9-15-13/h3-4,9,11H,2,5-8,10,14H2,1H3. The summed E-state index contributed by atoms with van der Waals surface area (Å²) >= 11 is 0. The van der Waals surface area contributed by atoms with Gasteiger partial charge >= 0.3 is 0 Å². The van der Waals surface area contributed by atoms with E-state index in [2.05, 4.69) is 22.9 Å². The first-order chi connectivity index (χ1) is 7.85. The van der Waals surface area contributed by atoms with Crippen LogP contribution in [0.5, 0.6) is 0 Å². The molecule has 1 aliphatic carbocycles. The summed E-state index contributed by atoms with van der Waals surface area (Å²) in [5, 5.41) is 0. The summed E-state index contributed by atoms with van der Waals surface area (Å²) in [5.74, 6) is 2.04. The molecule has 1 heterocycles. The zero-order chi connectivity index (χ0) is 11.4. The van der Waals surface area contributed by atoms with E-state index >= 15 is 0 Å². The highest BCUT2D eigenvalue weighted by molar-refractivity contribution is 5.47. The lowest BCUT2D eigenvalue weighted by molar-refractivity contribution is 0.725. The Hall–Kier alpha value is -1.09. The van der Waals surface area contributed by atoms with Crippen LogP contribution < -0.4 is 10.6 Å². The molecule has 0 unspecified atom stereocenters. The molecule has 0 amide bonds. The molecule has 0 radical (unpaired) electrons. The van der Waals surface area contributed by atoms with E-state index in [1.807, 2.05) is 12.3 Å². The zero-order valence-corrected chi connectivity index (χ0v) is 10.0. The number of hydrogen-bond acceptors (Lipinski definition) is 3. The maximum Gasteiger partial charge on any atom is 0.131 e. The monoisotopic (exact) mass is 219 g/mol. The predicted molar refractivity (Wildman–Crippen MR) is 67.6 cm³/mol. The Kier molecular flexibility index (Phi) is 3.78. The van der Waals surface area contributed by atoms with Crippen LogP contribution >= 0.6 is 0 Å². The van der Waals surface area contributed by atoms with E-state index in [0.717, 1.165) is 31.2 Å². The van der Waals surface area contributed by atoms with E-state index in [1.165, 1.54) is 18.4 Å². The van der Waals surface area contributed by atoms with Gasteiger partial charge in [0.15, 0.2) is 0 Å². The molecule has 3 heteroatoms. The minimum absolute atomic E-state index is 0.694. The summed E-state index contributed by atoms with van der Waals surface area (Å²) in [6.07, 6.45) is 5.57. The molecular formula is C13H21N3. The lowest BCUT2D eigenvalue weighted by Crippen LogP contribution is -2.27. The number of rotatable bonds is 6. The second-order valence-electron chi connectivity index (χ2n) is 4.51. The SMILES string of the molecule is CCN(CC1CC1)c1ncccc1CCN. The van der Waals surface area contributed by atoms with Crippen molar-refractivity contribution in [1.29, 1.82) is 0 Å². The van der Waals surface area contributed by atoms with Gasteiger partial charge in [-0.3, -0.25) is 0 Å². The van der Waals surface area contributed by atoms with E-state index in [0.29, 0.717) is 6.54 Å². The molecule has 0 aliphatic heterocycles. The van der Waals surface area contributed by atoms with Crippen molar-refractivity contribution in [3.8, 4) is 0 Å². The molecule has 2 rings (SSSR count). The van der Waals surface area contributed by atoms with Gasteiger partial charge in [-0.25, -0.2) is 4.98 Å². The summed E-state index contributed by atoms with van der Waals surface area (Å²) in [6, 6.07) is 4.14. The first-order valence-corrected chi connectivity index (χ1v) is 6.24. The van der Waals surface area contributed by atoms with Gasteiger partial charge in [0.05, 0.1) is 0 Å². The van der Waals surface area contributed by atoms with Crippen molar-refractivity contribution in [3.05, 3.63) is 23.9 Å². The Morgan fingerprint density at radius 1 is 1.50 bits per heavy atom. The van der Waals surface area contributed by atoms with E-state index < -0.39 is 0 Å². The molecule has 1 saturated carbocycles. The highest BCUT2D eigenvalue weighted by atomic mass is 15.2. The van der Waals surface area contributed by atoms with Crippen LogP contribution in [0.4, 0.5) is 5.82 Å². The summed E-state index contributed by atoms with van der Waals surface area (Å²) in [4.78, 5) is 6.91. The Balaban J connectivity index is 2.14. The van der Waals surface area contributed by atoms with Gasteiger partial charge in [0, 0.05) is 19.3 Å². The summed E-state index contributed by atoms with van der Waals surface area (Å²) in [5.41, 5.74) is 6.92. The van der Waals surface area contributed by atoms with Gasteiger partial charge in [0.1, 0.15) is 5.82 Å². The highest BCUT2D eigenvalue weighted by Crippen LogP contribution is 2.31. The number of hydrogen-bond donors (Lipinski definition) is 1. The predicted octanol–water partition coefficient (Wildman–Crippen LogP) is 1.82. The smallest absolute Gasteiger partial charge is 0.131 e. The average molecular weight is 219 g/mol. The number of anilines is 1. The Labute approximate surface area is 97.7 Å². The minimum atomic E-state index is 0.694. The Morgan fingerprint density at radius 2 is 2.31 bits per heavy atom. The fourth-order valence-electron chi connectivity index (χ4n) is 2.04. The van der Waals surface area contributed by atoms with E-state index in [4.69, 9.17) is 5.73 Å². The van der Waals surface area contributed by atoms with E-state index in [1.54, 1.807) is 0 Å². The molecule has 88 valence electrons. The molecule has 0 saturated heterocycles. The Morgan fingerprint density at radius 3 is 2.94 bits per heavy atom. The Bertz CT molecular complexity index is 334. The van der Waals surface area contributed by atoms with Gasteiger partial charge in [-0.15, -0.1) is 0 Å². The third kappa shape index (κ3) is 2.73. The second-order valence-corrected chi connectivity index (χ2v) is 4.51. The quantitative estimate of drug-likeness (QED) is 0.793. The second kappa shape index (κ2) is 5.30. The van der Waals surface area contributed by atoms with Crippen LogP contribution in [-0.2, 0) is 6.42 Å². The van der Waals surface area contributed by atoms with Crippen LogP contribution in [0.25, 0.3) is 0 Å². The zero-order valence-electron chi connectivity index (χ0n) is 10.0. The lowest BCUT2D eigenvalue weighted by atomic mass is 10.1. The van der Waals surface area contributed by atoms with Crippen molar-refractivity contribution in [2.45, 2.75) is 26.2 Å². The van der Waals surface area contributed by atoms with Gasteiger partial charge < -0.3 is 10.6 Å². The van der Waals surface area contributed by atoms with Crippen LogP contribution in [0.2, 0.25) is 0 Å². The van der Waals surface area contributed by atoms with Crippen molar-refractivity contribution in [1.82, 2.24) is 4.98 Å². The van der Waals surface area contributed by atoms with Gasteiger partial charge in [0.25, 0.3) is 0 Å². The first kappa shape index (κ1) is 11.4. The number of nitrogens with zero attached hydrogens (tertiary/aromatic N) is 2. The summed E-state index contributed by atoms with van der Waals surface area (Å²) in [6.45, 7) is 5.08. The van der Waals surface area contributed by atoms with Crippen molar-refractivity contribution < 1.29 is 0 Å². The lowest BCUT2D eigenvalue weighted by Gasteiger charge is -2.24. The van der Waals surface area contributed by atoms with Gasteiger partial charge in [-0.05, 0) is 50.3 Å². The molecule has 1 aromatic rings. The van der Waals surface area contributed by atoms with Gasteiger partial charge in [-0.2, -0.15) is 0 Å². The van der Waals surface area contributed by atoms with Crippen molar-refractivity contribution in [2.24, 2.45) is 11.7 Å². The van der Waals surface area contributed by atoms with Gasteiger partial charge in [-0.1, -0.05) is 6.07 Å². The first-order valence-electron chi connectivity index (χ1n) is 6.24. The van der Waals surface area contributed by atoms with Crippen LogP contribution in [0.1, 0.15) is 25.3 Å². The molecule has 1 aromatic heterocycles. The van der Waals surface area contributed by atoms with Crippen LogP contribution in [0.3, 0.4) is 0 Å². The average Bonchev–Trinajstić information content (AvgIpc) is 3.11. The molecule has 0 bridgehead atoms. The largest absolute Gasteiger partial charge is 0.356 e. The maximum absolute atomic E-state index is 5.64. The molecule has 0 aromatic carbocycles. The fourth-order valence-corrected chi connectivity index (χ4v) is 2.04. The van der Waals surface area contributed by atoms with Crippen molar-refractivity contribution in [2.75, 3.05) is 24.5 Å². The summed E-state index contributed by atoms with van der Waals surface area (Å²) in [7, 11) is 0. The number of nitrogens with two attached hydrogens (primary N) is 1. The minimum Gasteiger partial charge on any atom is -0.356 e. The van der Waals surface area contributed by atoms with E-state index in [-0.39, 0.29) is 0 Å². The third-order valence-corrected chi connectivity index (χ3v) is 3.14. The maximum atomic E-state index is 5.64. The topological polar surface area (TPSA) is 42.2 Å². The van der Waals surface area contributed by atoms with Crippen molar-refractivity contribution in [3.63, 3.8) is 0 Å². The highest BCUT2D eigenvalue weighted by Gasteiger charge is 2.25. The third-order valence-electron chi connectivity index (χ3n) is 3.14. The molecule has 0 atom stereocenters. The molecule has 2 N–H and O–H groups in total. The van der Waals surface area contributed by atoms with E-state index in [9.17, 15) is 0 Å². The molecular weight excluding hydrogens is 198 g/mol. The van der Waals surface area contributed by atoms with Crippen LogP contribution in [0, 0.1) is 5.92 Å². The molecule has 16 heavy (non-hydrogen) atoms. The summed E-state index contributed by atoms with van der Waals surface area (Å²) < 4.78 is 0. The van der Waals surface area contributed by atoms with Gasteiger partial charge in [0.2, 0.25) is 0 Å². The van der Waals surface area contributed by atoms with Crippen molar-refractivity contribution >= 4 is 5.82 Å². The molecule has 1 aliphatic rings. The molecule has 3 nitrogen and oxygen atoms in total. The normalized spacial score (nSPS) is 15.1. The fraction of sp³-hybridized carbons (Fsp3) is 0.615. The number of aromatic nitrogens is 1. The number of pyridine rings is 1. The van der Waals surface area contributed by atoms with Crippen LogP contribution in [-0.4, -0.2) is 24.6 Å². The molecule has 0 spiro atoms. The molecule has 1 fully saturated rings.